The van der Waals surface area contributed by atoms with Gasteiger partial charge in [-0.25, -0.2) is 8.78 Å². The second-order valence-corrected chi connectivity index (χ2v) is 5.26. The number of H-pyrrole nitrogens is 1. The van der Waals surface area contributed by atoms with Gasteiger partial charge in [-0.2, -0.15) is 5.10 Å². The molecule has 0 bridgehead atoms. The van der Waals surface area contributed by atoms with E-state index in [1.165, 1.54) is 28.3 Å². The summed E-state index contributed by atoms with van der Waals surface area (Å²) in [7, 11) is 0. The highest BCUT2D eigenvalue weighted by atomic mass is 19.1. The van der Waals surface area contributed by atoms with Crippen LogP contribution in [0, 0.1) is 11.6 Å². The van der Waals surface area contributed by atoms with Gasteiger partial charge in [-0.15, -0.1) is 0 Å². The summed E-state index contributed by atoms with van der Waals surface area (Å²) in [4.78, 5) is 27.2. The number of aromatic nitrogens is 2. The van der Waals surface area contributed by atoms with Crippen molar-refractivity contribution in [2.75, 3.05) is 19.6 Å². The van der Waals surface area contributed by atoms with Crippen LogP contribution in [0.4, 0.5) is 8.78 Å². The van der Waals surface area contributed by atoms with Crippen molar-refractivity contribution in [1.82, 2.24) is 20.0 Å². The van der Waals surface area contributed by atoms with Crippen LogP contribution in [0.3, 0.4) is 0 Å². The van der Waals surface area contributed by atoms with E-state index in [0.717, 1.165) is 12.1 Å². The first-order valence-corrected chi connectivity index (χ1v) is 7.04. The number of amides is 2. The minimum atomic E-state index is -0.685. The SMILES string of the molecule is O=C1CN(C(=O)c2cn[nH]c2)CCN1Cc1ccc(F)cc1F. The van der Waals surface area contributed by atoms with E-state index in [-0.39, 0.29) is 30.5 Å². The van der Waals surface area contributed by atoms with Crippen molar-refractivity contribution in [2.24, 2.45) is 0 Å². The number of hydrogen-bond donors (Lipinski definition) is 1. The van der Waals surface area contributed by atoms with E-state index < -0.39 is 11.6 Å². The molecular weight excluding hydrogens is 306 g/mol. The highest BCUT2D eigenvalue weighted by Crippen LogP contribution is 2.15. The van der Waals surface area contributed by atoms with Gasteiger partial charge in [0.25, 0.3) is 5.91 Å². The second kappa shape index (κ2) is 6.15. The number of piperazine rings is 1. The predicted octanol–water partition coefficient (Wildman–Crippen LogP) is 1.17. The van der Waals surface area contributed by atoms with Gasteiger partial charge in [-0.3, -0.25) is 14.7 Å². The summed E-state index contributed by atoms with van der Waals surface area (Å²) in [5, 5.41) is 6.25. The molecule has 1 aromatic carbocycles. The zero-order chi connectivity index (χ0) is 16.4. The monoisotopic (exact) mass is 320 g/mol. The Morgan fingerprint density at radius 2 is 2.13 bits per heavy atom. The summed E-state index contributed by atoms with van der Waals surface area (Å²) in [5.74, 6) is -1.90. The largest absolute Gasteiger partial charge is 0.335 e. The first kappa shape index (κ1) is 15.1. The molecule has 2 amide bonds. The fraction of sp³-hybridized carbons (Fsp3) is 0.267. The van der Waals surface area contributed by atoms with E-state index in [9.17, 15) is 18.4 Å². The lowest BCUT2D eigenvalue weighted by Gasteiger charge is -2.34. The molecule has 0 atom stereocenters. The van der Waals surface area contributed by atoms with Gasteiger partial charge in [0.05, 0.1) is 11.8 Å². The number of aromatic amines is 1. The first-order chi connectivity index (χ1) is 11.0. The summed E-state index contributed by atoms with van der Waals surface area (Å²) in [6.45, 7) is 0.614. The lowest BCUT2D eigenvalue weighted by atomic mass is 10.1. The van der Waals surface area contributed by atoms with E-state index in [4.69, 9.17) is 0 Å². The molecule has 1 aliphatic rings. The Hall–Kier alpha value is -2.77. The third-order valence-corrected chi connectivity index (χ3v) is 3.73. The minimum Gasteiger partial charge on any atom is -0.335 e. The second-order valence-electron chi connectivity index (χ2n) is 5.26. The number of nitrogens with one attached hydrogen (secondary N) is 1. The Bertz CT molecular complexity index is 733. The molecule has 2 heterocycles. The zero-order valence-electron chi connectivity index (χ0n) is 12.1. The molecule has 3 rings (SSSR count). The summed E-state index contributed by atoms with van der Waals surface area (Å²) in [6, 6.07) is 3.26. The molecule has 1 saturated heterocycles. The molecule has 120 valence electrons. The van der Waals surface area contributed by atoms with Crippen LogP contribution in [0.25, 0.3) is 0 Å². The van der Waals surface area contributed by atoms with Gasteiger partial charge in [0.15, 0.2) is 0 Å². The molecule has 0 radical (unpaired) electrons. The maximum atomic E-state index is 13.7. The molecule has 0 aliphatic carbocycles. The fourth-order valence-corrected chi connectivity index (χ4v) is 2.45. The maximum Gasteiger partial charge on any atom is 0.257 e. The molecule has 0 spiro atoms. The normalized spacial score (nSPS) is 15.1. The van der Waals surface area contributed by atoms with E-state index in [1.807, 2.05) is 0 Å². The minimum absolute atomic E-state index is 0.0543. The van der Waals surface area contributed by atoms with Gasteiger partial charge in [-0.05, 0) is 6.07 Å². The highest BCUT2D eigenvalue weighted by molar-refractivity contribution is 5.96. The molecular formula is C15H14F2N4O2. The average molecular weight is 320 g/mol. The van der Waals surface area contributed by atoms with Crippen LogP contribution >= 0.6 is 0 Å². The number of carbonyl (C=O) groups excluding carboxylic acids is 2. The molecule has 2 aromatic rings. The third-order valence-electron chi connectivity index (χ3n) is 3.73. The van der Waals surface area contributed by atoms with Crippen LogP contribution in [-0.4, -0.2) is 51.4 Å². The molecule has 1 N–H and O–H groups in total. The zero-order valence-corrected chi connectivity index (χ0v) is 12.1. The van der Waals surface area contributed by atoms with Crippen molar-refractivity contribution in [3.05, 3.63) is 53.4 Å². The van der Waals surface area contributed by atoms with Crippen LogP contribution < -0.4 is 0 Å². The van der Waals surface area contributed by atoms with Crippen LogP contribution in [0.1, 0.15) is 15.9 Å². The van der Waals surface area contributed by atoms with Crippen LogP contribution in [-0.2, 0) is 11.3 Å². The topological polar surface area (TPSA) is 69.3 Å². The van der Waals surface area contributed by atoms with Crippen molar-refractivity contribution >= 4 is 11.8 Å². The molecule has 0 unspecified atom stereocenters. The first-order valence-electron chi connectivity index (χ1n) is 7.04. The Morgan fingerprint density at radius 1 is 1.30 bits per heavy atom. The highest BCUT2D eigenvalue weighted by Gasteiger charge is 2.28. The lowest BCUT2D eigenvalue weighted by molar-refractivity contribution is -0.135. The van der Waals surface area contributed by atoms with Crippen LogP contribution in [0.2, 0.25) is 0 Å². The molecule has 1 aromatic heterocycles. The summed E-state index contributed by atoms with van der Waals surface area (Å²) in [6.07, 6.45) is 2.86. The van der Waals surface area contributed by atoms with E-state index in [0.29, 0.717) is 18.7 Å². The van der Waals surface area contributed by atoms with Crippen molar-refractivity contribution in [3.63, 3.8) is 0 Å². The van der Waals surface area contributed by atoms with Gasteiger partial charge in [0.1, 0.15) is 18.2 Å². The van der Waals surface area contributed by atoms with E-state index >= 15 is 0 Å². The number of hydrogen-bond acceptors (Lipinski definition) is 3. The Labute approximate surface area is 130 Å². The van der Waals surface area contributed by atoms with Crippen molar-refractivity contribution < 1.29 is 18.4 Å². The summed E-state index contributed by atoms with van der Waals surface area (Å²) < 4.78 is 26.6. The van der Waals surface area contributed by atoms with Crippen LogP contribution in [0.5, 0.6) is 0 Å². The van der Waals surface area contributed by atoms with Gasteiger partial charge in [0, 0.05) is 37.5 Å². The fourth-order valence-electron chi connectivity index (χ4n) is 2.45. The molecule has 1 fully saturated rings. The van der Waals surface area contributed by atoms with Crippen molar-refractivity contribution in [1.29, 1.82) is 0 Å². The van der Waals surface area contributed by atoms with Crippen molar-refractivity contribution in [3.8, 4) is 0 Å². The van der Waals surface area contributed by atoms with E-state index in [2.05, 4.69) is 10.2 Å². The number of carbonyl (C=O) groups is 2. The Morgan fingerprint density at radius 3 is 2.78 bits per heavy atom. The van der Waals surface area contributed by atoms with Crippen LogP contribution in [0.15, 0.2) is 30.6 Å². The molecule has 0 saturated carbocycles. The number of benzene rings is 1. The number of nitrogens with zero attached hydrogens (tertiary/aromatic N) is 3. The van der Waals surface area contributed by atoms with E-state index in [1.54, 1.807) is 0 Å². The van der Waals surface area contributed by atoms with Gasteiger partial charge >= 0.3 is 0 Å². The van der Waals surface area contributed by atoms with Gasteiger partial charge < -0.3 is 9.80 Å². The molecule has 8 heteroatoms. The molecule has 6 nitrogen and oxygen atoms in total. The average Bonchev–Trinajstić information content (AvgIpc) is 3.05. The Kier molecular flexibility index (Phi) is 4.05. The van der Waals surface area contributed by atoms with Gasteiger partial charge in [-0.1, -0.05) is 6.07 Å². The van der Waals surface area contributed by atoms with Crippen molar-refractivity contribution in [2.45, 2.75) is 6.54 Å². The summed E-state index contributed by atoms with van der Waals surface area (Å²) in [5.41, 5.74) is 0.630. The number of halogens is 2. The smallest absolute Gasteiger partial charge is 0.257 e. The predicted molar refractivity (Wildman–Crippen MR) is 76.3 cm³/mol. The standard InChI is InChI=1S/C15H14F2N4O2/c16-12-2-1-10(13(17)5-12)8-20-3-4-21(9-14(20)22)15(23)11-6-18-19-7-11/h1-2,5-7H,3-4,8-9H2,(H,18,19). The third kappa shape index (κ3) is 3.20. The lowest BCUT2D eigenvalue weighted by Crippen LogP contribution is -2.51. The molecule has 1 aliphatic heterocycles. The molecule has 23 heavy (non-hydrogen) atoms. The number of rotatable bonds is 3. The Balaban J connectivity index is 1.65. The summed E-state index contributed by atoms with van der Waals surface area (Å²) >= 11 is 0. The van der Waals surface area contributed by atoms with Gasteiger partial charge in [0.2, 0.25) is 5.91 Å². The quantitative estimate of drug-likeness (QED) is 0.923. The maximum absolute atomic E-state index is 13.7.